The van der Waals surface area contributed by atoms with Gasteiger partial charge in [-0.2, -0.15) is 0 Å². The van der Waals surface area contributed by atoms with Crippen LogP contribution in [0, 0.1) is 5.41 Å². The number of carbonyl (C=O) groups excluding carboxylic acids is 1. The molecule has 0 aliphatic carbocycles. The fourth-order valence-electron chi connectivity index (χ4n) is 3.33. The predicted molar refractivity (Wildman–Crippen MR) is 78.8 cm³/mol. The van der Waals surface area contributed by atoms with Gasteiger partial charge in [0.25, 0.3) is 0 Å². The van der Waals surface area contributed by atoms with Gasteiger partial charge in [0, 0.05) is 38.0 Å². The standard InChI is InChI=1S/C14H25NO5S/c1-3-19-11-14-6-4-8-20-12(14)5-7-15(10-14)13(16)9-21(2,17)18/h12H,3-11H2,1-2H3/t12-,14-/m0/s1. The first-order valence-electron chi connectivity index (χ1n) is 7.51. The third-order valence-corrected chi connectivity index (χ3v) is 5.09. The Morgan fingerprint density at radius 3 is 2.90 bits per heavy atom. The highest BCUT2D eigenvalue weighted by Crippen LogP contribution is 2.40. The molecule has 2 rings (SSSR count). The summed E-state index contributed by atoms with van der Waals surface area (Å²) in [5.41, 5.74) is -0.181. The van der Waals surface area contributed by atoms with E-state index in [-0.39, 0.29) is 17.4 Å². The SMILES string of the molecule is CCOC[C@@]12CCCO[C@H]1CCN(C(=O)CS(C)(=O)=O)C2. The number of amides is 1. The van der Waals surface area contributed by atoms with E-state index in [1.165, 1.54) is 0 Å². The minimum Gasteiger partial charge on any atom is -0.381 e. The van der Waals surface area contributed by atoms with Crippen LogP contribution in [0.25, 0.3) is 0 Å². The summed E-state index contributed by atoms with van der Waals surface area (Å²) >= 11 is 0. The Balaban J connectivity index is 2.09. The summed E-state index contributed by atoms with van der Waals surface area (Å²) < 4.78 is 34.1. The van der Waals surface area contributed by atoms with Gasteiger partial charge in [0.15, 0.2) is 9.84 Å². The molecule has 0 saturated carbocycles. The normalized spacial score (nSPS) is 30.0. The van der Waals surface area contributed by atoms with E-state index >= 15 is 0 Å². The van der Waals surface area contributed by atoms with E-state index in [0.29, 0.717) is 26.3 Å². The number of nitrogens with zero attached hydrogens (tertiary/aromatic N) is 1. The lowest BCUT2D eigenvalue weighted by Gasteiger charge is -2.50. The molecule has 2 saturated heterocycles. The van der Waals surface area contributed by atoms with Gasteiger partial charge in [0.05, 0.1) is 12.7 Å². The molecule has 2 aliphatic rings. The van der Waals surface area contributed by atoms with E-state index in [1.807, 2.05) is 6.92 Å². The molecule has 2 heterocycles. The van der Waals surface area contributed by atoms with Gasteiger partial charge >= 0.3 is 0 Å². The van der Waals surface area contributed by atoms with Crippen molar-refractivity contribution >= 4 is 15.7 Å². The number of carbonyl (C=O) groups is 1. The van der Waals surface area contributed by atoms with Crippen LogP contribution in [0.3, 0.4) is 0 Å². The number of hydrogen-bond acceptors (Lipinski definition) is 5. The van der Waals surface area contributed by atoms with Crippen LogP contribution >= 0.6 is 0 Å². The minimum absolute atomic E-state index is 0.111. The Morgan fingerprint density at radius 2 is 2.24 bits per heavy atom. The maximum atomic E-state index is 12.2. The van der Waals surface area contributed by atoms with Gasteiger partial charge in [-0.15, -0.1) is 0 Å². The fourth-order valence-corrected chi connectivity index (χ4v) is 3.97. The number of hydrogen-bond donors (Lipinski definition) is 0. The second-order valence-corrected chi connectivity index (χ2v) is 8.28. The Labute approximate surface area is 126 Å². The maximum Gasteiger partial charge on any atom is 0.237 e. The Morgan fingerprint density at radius 1 is 1.48 bits per heavy atom. The van der Waals surface area contributed by atoms with E-state index in [1.54, 1.807) is 4.90 Å². The maximum absolute atomic E-state index is 12.2. The second kappa shape index (κ2) is 6.62. The molecule has 0 unspecified atom stereocenters. The summed E-state index contributed by atoms with van der Waals surface area (Å²) in [7, 11) is -3.29. The largest absolute Gasteiger partial charge is 0.381 e. The average molecular weight is 319 g/mol. The van der Waals surface area contributed by atoms with Crippen LogP contribution < -0.4 is 0 Å². The van der Waals surface area contributed by atoms with Crippen molar-refractivity contribution in [3.05, 3.63) is 0 Å². The number of sulfone groups is 1. The highest BCUT2D eigenvalue weighted by molar-refractivity contribution is 7.91. The van der Waals surface area contributed by atoms with Crippen molar-refractivity contribution in [1.82, 2.24) is 4.90 Å². The Hall–Kier alpha value is -0.660. The first-order valence-corrected chi connectivity index (χ1v) is 9.57. The van der Waals surface area contributed by atoms with Crippen molar-refractivity contribution < 1.29 is 22.7 Å². The van der Waals surface area contributed by atoms with Crippen LogP contribution in [-0.2, 0) is 24.1 Å². The lowest BCUT2D eigenvalue weighted by atomic mass is 9.73. The molecule has 21 heavy (non-hydrogen) atoms. The molecule has 2 aliphatic heterocycles. The highest BCUT2D eigenvalue weighted by Gasteiger charge is 2.47. The van der Waals surface area contributed by atoms with E-state index in [2.05, 4.69) is 0 Å². The van der Waals surface area contributed by atoms with Gasteiger partial charge in [-0.25, -0.2) is 8.42 Å². The van der Waals surface area contributed by atoms with Crippen LogP contribution in [0.4, 0.5) is 0 Å². The summed E-state index contributed by atoms with van der Waals surface area (Å²) in [6.07, 6.45) is 3.87. The molecule has 7 heteroatoms. The van der Waals surface area contributed by atoms with Crippen LogP contribution in [0.2, 0.25) is 0 Å². The van der Waals surface area contributed by atoms with Gasteiger partial charge < -0.3 is 14.4 Å². The van der Waals surface area contributed by atoms with E-state index in [0.717, 1.165) is 32.1 Å². The third kappa shape index (κ3) is 4.17. The van der Waals surface area contributed by atoms with Crippen molar-refractivity contribution in [1.29, 1.82) is 0 Å². The summed E-state index contributed by atoms with van der Waals surface area (Å²) in [4.78, 5) is 13.8. The molecule has 0 N–H and O–H groups in total. The summed E-state index contributed by atoms with van der Waals surface area (Å²) in [6, 6.07) is 0. The molecular formula is C14H25NO5S. The molecule has 0 aromatic heterocycles. The Kier molecular flexibility index (Phi) is 5.27. The number of rotatable bonds is 5. The van der Waals surface area contributed by atoms with Crippen LogP contribution in [0.5, 0.6) is 0 Å². The van der Waals surface area contributed by atoms with Crippen molar-refractivity contribution in [2.24, 2.45) is 5.41 Å². The van der Waals surface area contributed by atoms with Crippen molar-refractivity contribution in [2.45, 2.75) is 32.3 Å². The van der Waals surface area contributed by atoms with Gasteiger partial charge in [0.1, 0.15) is 5.75 Å². The van der Waals surface area contributed by atoms with Crippen LogP contribution in [-0.4, -0.2) is 70.2 Å². The first kappa shape index (κ1) is 16.7. The third-order valence-electron chi connectivity index (χ3n) is 4.32. The van der Waals surface area contributed by atoms with E-state index in [9.17, 15) is 13.2 Å². The second-order valence-electron chi connectivity index (χ2n) is 6.14. The zero-order valence-corrected chi connectivity index (χ0v) is 13.7. The number of fused-ring (bicyclic) bond motifs is 1. The van der Waals surface area contributed by atoms with Gasteiger partial charge in [-0.05, 0) is 26.2 Å². The number of piperidine rings is 1. The molecule has 0 radical (unpaired) electrons. The van der Waals surface area contributed by atoms with Crippen molar-refractivity contribution in [3.8, 4) is 0 Å². The highest BCUT2D eigenvalue weighted by atomic mass is 32.2. The van der Waals surface area contributed by atoms with Crippen LogP contribution in [0.1, 0.15) is 26.2 Å². The zero-order valence-electron chi connectivity index (χ0n) is 12.8. The van der Waals surface area contributed by atoms with E-state index in [4.69, 9.17) is 9.47 Å². The summed E-state index contributed by atoms with van der Waals surface area (Å²) in [6.45, 7) is 5.00. The van der Waals surface area contributed by atoms with E-state index < -0.39 is 15.6 Å². The molecule has 2 atom stereocenters. The summed E-state index contributed by atoms with van der Waals surface area (Å²) in [5, 5.41) is 0. The molecule has 6 nitrogen and oxygen atoms in total. The minimum atomic E-state index is -3.29. The van der Waals surface area contributed by atoms with Gasteiger partial charge in [-0.1, -0.05) is 0 Å². The van der Waals surface area contributed by atoms with Gasteiger partial charge in [-0.3, -0.25) is 4.79 Å². The topological polar surface area (TPSA) is 72.9 Å². The average Bonchev–Trinajstić information content (AvgIpc) is 2.42. The lowest BCUT2D eigenvalue weighted by Crippen LogP contribution is -2.58. The molecule has 0 bridgehead atoms. The number of likely N-dealkylation sites (tertiary alicyclic amines) is 1. The smallest absolute Gasteiger partial charge is 0.237 e. The van der Waals surface area contributed by atoms with Crippen LogP contribution in [0.15, 0.2) is 0 Å². The monoisotopic (exact) mass is 319 g/mol. The molecule has 0 aromatic rings. The first-order chi connectivity index (χ1) is 9.86. The van der Waals surface area contributed by atoms with Gasteiger partial charge in [0.2, 0.25) is 5.91 Å². The molecule has 0 aromatic carbocycles. The molecule has 122 valence electrons. The zero-order chi connectivity index (χ0) is 15.5. The van der Waals surface area contributed by atoms with Crippen molar-refractivity contribution in [2.75, 3.05) is 44.9 Å². The number of ether oxygens (including phenoxy) is 2. The predicted octanol–water partition coefficient (Wildman–Crippen LogP) is 0.465. The molecular weight excluding hydrogens is 294 g/mol. The Bertz CT molecular complexity index is 478. The summed E-state index contributed by atoms with van der Waals surface area (Å²) in [5.74, 6) is -0.721. The molecule has 0 spiro atoms. The fraction of sp³-hybridized carbons (Fsp3) is 0.929. The lowest BCUT2D eigenvalue weighted by molar-refractivity contribution is -0.162. The molecule has 2 fully saturated rings. The molecule has 1 amide bonds. The van der Waals surface area contributed by atoms with Crippen molar-refractivity contribution in [3.63, 3.8) is 0 Å². The quantitative estimate of drug-likeness (QED) is 0.736.